The van der Waals surface area contributed by atoms with Gasteiger partial charge in [0.05, 0.1) is 6.61 Å². The summed E-state index contributed by atoms with van der Waals surface area (Å²) in [4.78, 5) is 33.0. The van der Waals surface area contributed by atoms with E-state index in [2.05, 4.69) is 5.32 Å². The van der Waals surface area contributed by atoms with E-state index in [1.807, 2.05) is 0 Å². The fraction of sp³-hybridized carbons (Fsp3) is 0.700. The predicted molar refractivity (Wildman–Crippen MR) is 74.8 cm³/mol. The van der Waals surface area contributed by atoms with Gasteiger partial charge in [-0.05, 0) is 6.92 Å². The molecule has 0 spiro atoms. The SMILES string of the molecule is CCOC(=O)[C@H](CSSC[C@H](N)C(=O)O)NC(C)=O. The Morgan fingerprint density at radius 1 is 1.32 bits per heavy atom. The Morgan fingerprint density at radius 2 is 1.89 bits per heavy atom. The lowest BCUT2D eigenvalue weighted by molar-refractivity contribution is -0.146. The van der Waals surface area contributed by atoms with Crippen molar-refractivity contribution in [1.29, 1.82) is 0 Å². The first-order chi connectivity index (χ1) is 8.88. The molecule has 1 amide bonds. The lowest BCUT2D eigenvalue weighted by Gasteiger charge is -2.15. The molecule has 0 aliphatic carbocycles. The molecular formula is C10H18N2O5S2. The monoisotopic (exact) mass is 310 g/mol. The smallest absolute Gasteiger partial charge is 0.329 e. The Labute approximate surface area is 119 Å². The summed E-state index contributed by atoms with van der Waals surface area (Å²) in [5, 5.41) is 11.1. The summed E-state index contributed by atoms with van der Waals surface area (Å²) >= 11 is 0. The van der Waals surface area contributed by atoms with Crippen LogP contribution in [0.4, 0.5) is 0 Å². The molecule has 7 nitrogen and oxygen atoms in total. The molecule has 110 valence electrons. The van der Waals surface area contributed by atoms with E-state index in [-0.39, 0.29) is 24.0 Å². The third-order valence-corrected chi connectivity index (χ3v) is 4.28. The number of carbonyl (C=O) groups excluding carboxylic acids is 2. The van der Waals surface area contributed by atoms with Crippen LogP contribution in [0.2, 0.25) is 0 Å². The molecule has 0 bridgehead atoms. The van der Waals surface area contributed by atoms with Crippen molar-refractivity contribution >= 4 is 39.4 Å². The van der Waals surface area contributed by atoms with Crippen molar-refractivity contribution < 1.29 is 24.2 Å². The van der Waals surface area contributed by atoms with Crippen LogP contribution < -0.4 is 11.1 Å². The van der Waals surface area contributed by atoms with Gasteiger partial charge in [-0.25, -0.2) is 4.79 Å². The Bertz CT molecular complexity index is 327. The Hall–Kier alpha value is -0.930. The second-order valence-corrected chi connectivity index (χ2v) is 6.07. The van der Waals surface area contributed by atoms with E-state index in [1.165, 1.54) is 28.5 Å². The standard InChI is InChI=1S/C10H18N2O5S2/c1-3-17-10(16)8(12-6(2)13)5-19-18-4-7(11)9(14)15/h7-8H,3-5,11H2,1-2H3,(H,12,13)(H,14,15)/t7-,8-/m0/s1. The van der Waals surface area contributed by atoms with Crippen molar-refractivity contribution in [3.8, 4) is 0 Å². The van der Waals surface area contributed by atoms with Crippen molar-refractivity contribution in [2.75, 3.05) is 18.1 Å². The predicted octanol–water partition coefficient (Wildman–Crippen LogP) is -0.152. The second kappa shape index (κ2) is 9.93. The van der Waals surface area contributed by atoms with Crippen molar-refractivity contribution in [2.45, 2.75) is 25.9 Å². The summed E-state index contributed by atoms with van der Waals surface area (Å²) in [7, 11) is 2.49. The van der Waals surface area contributed by atoms with E-state index in [0.29, 0.717) is 0 Å². The zero-order chi connectivity index (χ0) is 14.8. The summed E-state index contributed by atoms with van der Waals surface area (Å²) in [5.74, 6) is -1.40. The van der Waals surface area contributed by atoms with Gasteiger partial charge in [-0.2, -0.15) is 0 Å². The highest BCUT2D eigenvalue weighted by atomic mass is 33.1. The average molecular weight is 310 g/mol. The topological polar surface area (TPSA) is 119 Å². The van der Waals surface area contributed by atoms with Gasteiger partial charge < -0.3 is 20.9 Å². The molecule has 2 atom stereocenters. The lowest BCUT2D eigenvalue weighted by Crippen LogP contribution is -2.42. The number of carboxylic acids is 1. The Morgan fingerprint density at radius 3 is 2.37 bits per heavy atom. The van der Waals surface area contributed by atoms with Gasteiger partial charge in [0.15, 0.2) is 0 Å². The summed E-state index contributed by atoms with van der Waals surface area (Å²) in [6, 6.07) is -1.68. The van der Waals surface area contributed by atoms with Crippen molar-refractivity contribution in [3.05, 3.63) is 0 Å². The molecule has 9 heteroatoms. The third kappa shape index (κ3) is 8.73. The molecule has 0 aromatic carbocycles. The van der Waals surface area contributed by atoms with Gasteiger partial charge in [0.2, 0.25) is 5.91 Å². The van der Waals surface area contributed by atoms with E-state index < -0.39 is 24.0 Å². The van der Waals surface area contributed by atoms with E-state index in [4.69, 9.17) is 15.6 Å². The molecule has 0 fully saturated rings. The average Bonchev–Trinajstić information content (AvgIpc) is 2.32. The molecule has 4 N–H and O–H groups in total. The van der Waals surface area contributed by atoms with Crippen LogP contribution in [0.15, 0.2) is 0 Å². The van der Waals surface area contributed by atoms with Gasteiger partial charge in [-0.15, -0.1) is 0 Å². The molecule has 19 heavy (non-hydrogen) atoms. The van der Waals surface area contributed by atoms with Crippen LogP contribution in [0.5, 0.6) is 0 Å². The fourth-order valence-electron chi connectivity index (χ4n) is 0.966. The largest absolute Gasteiger partial charge is 0.480 e. The van der Waals surface area contributed by atoms with Gasteiger partial charge in [0.1, 0.15) is 12.1 Å². The highest BCUT2D eigenvalue weighted by Crippen LogP contribution is 2.22. The van der Waals surface area contributed by atoms with Crippen LogP contribution in [0.1, 0.15) is 13.8 Å². The number of ether oxygens (including phenoxy) is 1. The minimum absolute atomic E-state index is 0.218. The number of nitrogens with two attached hydrogens (primary N) is 1. The number of carbonyl (C=O) groups is 3. The summed E-state index contributed by atoms with van der Waals surface area (Å²) in [6.45, 7) is 3.22. The molecule has 0 heterocycles. The highest BCUT2D eigenvalue weighted by molar-refractivity contribution is 8.76. The lowest BCUT2D eigenvalue weighted by atomic mass is 10.3. The molecule has 0 aromatic rings. The van der Waals surface area contributed by atoms with Crippen LogP contribution >= 0.6 is 21.6 Å². The Balaban J connectivity index is 4.09. The minimum Gasteiger partial charge on any atom is -0.480 e. The molecule has 0 aliphatic heterocycles. The van der Waals surface area contributed by atoms with E-state index in [1.54, 1.807) is 6.92 Å². The first-order valence-corrected chi connectivity index (χ1v) is 8.03. The first-order valence-electron chi connectivity index (χ1n) is 5.55. The molecule has 0 unspecified atom stereocenters. The third-order valence-electron chi connectivity index (χ3n) is 1.83. The van der Waals surface area contributed by atoms with Crippen LogP contribution in [-0.2, 0) is 19.1 Å². The van der Waals surface area contributed by atoms with E-state index in [9.17, 15) is 14.4 Å². The number of nitrogens with one attached hydrogen (secondary N) is 1. The zero-order valence-corrected chi connectivity index (χ0v) is 12.4. The summed E-state index contributed by atoms with van der Waals surface area (Å²) in [6.07, 6.45) is 0. The van der Waals surface area contributed by atoms with Crippen molar-refractivity contribution in [1.82, 2.24) is 5.32 Å². The van der Waals surface area contributed by atoms with Gasteiger partial charge in [-0.3, -0.25) is 9.59 Å². The van der Waals surface area contributed by atoms with Crippen molar-refractivity contribution in [3.63, 3.8) is 0 Å². The van der Waals surface area contributed by atoms with Crippen LogP contribution in [-0.4, -0.2) is 53.1 Å². The quantitative estimate of drug-likeness (QED) is 0.305. The molecule has 0 saturated heterocycles. The van der Waals surface area contributed by atoms with Crippen molar-refractivity contribution in [2.24, 2.45) is 5.73 Å². The van der Waals surface area contributed by atoms with Gasteiger partial charge >= 0.3 is 11.9 Å². The normalized spacial score (nSPS) is 13.4. The number of hydrogen-bond donors (Lipinski definition) is 3. The number of hydrogen-bond acceptors (Lipinski definition) is 7. The maximum Gasteiger partial charge on any atom is 0.329 e. The fourth-order valence-corrected chi connectivity index (χ4v) is 3.23. The summed E-state index contributed by atoms with van der Waals surface area (Å²) < 4.78 is 4.83. The number of amides is 1. The number of rotatable bonds is 9. The number of aliphatic carboxylic acids is 1. The second-order valence-electron chi connectivity index (χ2n) is 3.52. The molecule has 0 saturated carbocycles. The van der Waals surface area contributed by atoms with Crippen LogP contribution in [0.25, 0.3) is 0 Å². The number of carboxylic acid groups (broad SMARTS) is 1. The maximum atomic E-state index is 11.5. The maximum absolute atomic E-state index is 11.5. The molecule has 0 aliphatic rings. The van der Waals surface area contributed by atoms with Gasteiger partial charge in [0, 0.05) is 18.4 Å². The molecular weight excluding hydrogens is 292 g/mol. The minimum atomic E-state index is -1.07. The van der Waals surface area contributed by atoms with Gasteiger partial charge in [0.25, 0.3) is 0 Å². The van der Waals surface area contributed by atoms with E-state index >= 15 is 0 Å². The Kier molecular flexibility index (Phi) is 9.44. The van der Waals surface area contributed by atoms with E-state index in [0.717, 1.165) is 0 Å². The zero-order valence-electron chi connectivity index (χ0n) is 10.8. The number of esters is 1. The molecule has 0 rings (SSSR count). The van der Waals surface area contributed by atoms with Crippen LogP contribution in [0.3, 0.4) is 0 Å². The van der Waals surface area contributed by atoms with Crippen LogP contribution in [0, 0.1) is 0 Å². The molecule has 0 radical (unpaired) electrons. The highest BCUT2D eigenvalue weighted by Gasteiger charge is 2.21. The summed E-state index contributed by atoms with van der Waals surface area (Å²) in [5.41, 5.74) is 5.33. The molecule has 0 aromatic heterocycles. The van der Waals surface area contributed by atoms with Gasteiger partial charge in [-0.1, -0.05) is 21.6 Å². The first kappa shape index (κ1) is 18.1.